The van der Waals surface area contributed by atoms with E-state index < -0.39 is 10.0 Å². The third-order valence-electron chi connectivity index (χ3n) is 5.99. The molecule has 0 atom stereocenters. The maximum Gasteiger partial charge on any atom is 0.243 e. The lowest BCUT2D eigenvalue weighted by Gasteiger charge is -2.30. The van der Waals surface area contributed by atoms with Gasteiger partial charge in [0.15, 0.2) is 5.78 Å². The molecule has 2 amide bonds. The van der Waals surface area contributed by atoms with Crippen molar-refractivity contribution in [2.75, 3.05) is 18.4 Å². The molecule has 8 nitrogen and oxygen atoms in total. The highest BCUT2D eigenvalue weighted by molar-refractivity contribution is 7.89. The number of nitrogens with zero attached hydrogens (tertiary/aromatic N) is 1. The molecule has 3 rings (SSSR count). The molecule has 0 aliphatic carbocycles. The summed E-state index contributed by atoms with van der Waals surface area (Å²) in [4.78, 5) is 36.3. The average molecular weight is 500 g/mol. The Morgan fingerprint density at radius 2 is 1.69 bits per heavy atom. The number of amides is 2. The lowest BCUT2D eigenvalue weighted by atomic mass is 9.97. The number of sulfonamides is 1. The number of piperidine rings is 1. The van der Waals surface area contributed by atoms with Gasteiger partial charge >= 0.3 is 0 Å². The van der Waals surface area contributed by atoms with Gasteiger partial charge in [-0.3, -0.25) is 14.4 Å². The van der Waals surface area contributed by atoms with Gasteiger partial charge in [-0.25, -0.2) is 8.42 Å². The van der Waals surface area contributed by atoms with Crippen molar-refractivity contribution in [1.29, 1.82) is 0 Å². The molecule has 2 aromatic carbocycles. The van der Waals surface area contributed by atoms with Gasteiger partial charge in [-0.15, -0.1) is 0 Å². The molecule has 1 saturated heterocycles. The monoisotopic (exact) mass is 499 g/mol. The van der Waals surface area contributed by atoms with Crippen LogP contribution in [0.1, 0.15) is 56.0 Å². The molecule has 2 aromatic rings. The number of carbonyl (C=O) groups is 3. The van der Waals surface area contributed by atoms with E-state index in [0.29, 0.717) is 37.1 Å². The maximum atomic E-state index is 12.9. The van der Waals surface area contributed by atoms with Gasteiger partial charge in [0.2, 0.25) is 21.8 Å². The van der Waals surface area contributed by atoms with Crippen LogP contribution in [-0.4, -0.2) is 43.4 Å². The summed E-state index contributed by atoms with van der Waals surface area (Å²) in [5.74, 6) is -0.273. The van der Waals surface area contributed by atoms with Crippen molar-refractivity contribution in [2.24, 2.45) is 11.8 Å². The van der Waals surface area contributed by atoms with Gasteiger partial charge in [-0.2, -0.15) is 4.31 Å². The number of ketones is 1. The van der Waals surface area contributed by atoms with E-state index in [1.165, 1.54) is 35.5 Å². The Labute approximate surface area is 207 Å². The zero-order valence-corrected chi connectivity index (χ0v) is 21.2. The molecule has 0 saturated carbocycles. The average Bonchev–Trinajstić information content (AvgIpc) is 2.82. The largest absolute Gasteiger partial charge is 0.352 e. The molecule has 0 unspecified atom stereocenters. The molecule has 9 heteroatoms. The Kier molecular flexibility index (Phi) is 8.80. The first-order chi connectivity index (χ1) is 16.6. The number of Topliss-reactive ketones (excluding diaryl/α,β-unsaturated/α-hetero) is 1. The second-order valence-corrected chi connectivity index (χ2v) is 11.3. The summed E-state index contributed by atoms with van der Waals surface area (Å²) in [7, 11) is -3.68. The molecule has 1 aliphatic rings. The topological polar surface area (TPSA) is 113 Å². The van der Waals surface area contributed by atoms with Crippen LogP contribution in [0, 0.1) is 11.8 Å². The number of carbonyl (C=O) groups excluding carboxylic acids is 3. The Bertz CT molecular complexity index is 1170. The van der Waals surface area contributed by atoms with E-state index in [-0.39, 0.29) is 47.4 Å². The summed E-state index contributed by atoms with van der Waals surface area (Å²) in [6.07, 6.45) is 1.31. The van der Waals surface area contributed by atoms with Gasteiger partial charge in [0.05, 0.1) is 4.90 Å². The van der Waals surface area contributed by atoms with Crippen molar-refractivity contribution in [2.45, 2.75) is 51.5 Å². The highest BCUT2D eigenvalue weighted by Gasteiger charge is 2.32. The fraction of sp³-hybridized carbons (Fsp3) is 0.423. The second kappa shape index (κ2) is 11.6. The van der Waals surface area contributed by atoms with E-state index in [1.807, 2.05) is 38.1 Å². The van der Waals surface area contributed by atoms with Crippen molar-refractivity contribution in [3.63, 3.8) is 0 Å². The number of hydrogen-bond donors (Lipinski definition) is 2. The van der Waals surface area contributed by atoms with Gasteiger partial charge in [0.1, 0.15) is 0 Å². The molecule has 0 aromatic heterocycles. The number of nitrogens with one attached hydrogen (secondary N) is 2. The Hall–Kier alpha value is -3.04. The van der Waals surface area contributed by atoms with E-state index in [0.717, 1.165) is 5.56 Å². The first kappa shape index (κ1) is 26.6. The van der Waals surface area contributed by atoms with Crippen LogP contribution in [0.3, 0.4) is 0 Å². The van der Waals surface area contributed by atoms with Crippen molar-refractivity contribution in [3.05, 3.63) is 59.7 Å². The van der Waals surface area contributed by atoms with Crippen molar-refractivity contribution in [1.82, 2.24) is 9.62 Å². The minimum atomic E-state index is -3.68. The van der Waals surface area contributed by atoms with E-state index in [9.17, 15) is 22.8 Å². The Morgan fingerprint density at radius 3 is 2.29 bits per heavy atom. The molecule has 1 fully saturated rings. The molecule has 0 radical (unpaired) electrons. The molecule has 188 valence electrons. The Morgan fingerprint density at radius 1 is 1.03 bits per heavy atom. The molecule has 1 aliphatic heterocycles. The quantitative estimate of drug-likeness (QED) is 0.512. The lowest BCUT2D eigenvalue weighted by Crippen LogP contribution is -2.42. The highest BCUT2D eigenvalue weighted by atomic mass is 32.2. The third kappa shape index (κ3) is 7.22. The third-order valence-corrected chi connectivity index (χ3v) is 7.91. The number of benzene rings is 2. The molecule has 0 bridgehead atoms. The van der Waals surface area contributed by atoms with Gasteiger partial charge in [-0.1, -0.05) is 38.1 Å². The van der Waals surface area contributed by atoms with Crippen molar-refractivity contribution >= 4 is 33.3 Å². The zero-order chi connectivity index (χ0) is 25.6. The van der Waals surface area contributed by atoms with Crippen LogP contribution in [0.25, 0.3) is 0 Å². The van der Waals surface area contributed by atoms with Crippen LogP contribution in [-0.2, 0) is 26.2 Å². The van der Waals surface area contributed by atoms with E-state index in [1.54, 1.807) is 0 Å². The zero-order valence-electron chi connectivity index (χ0n) is 20.4. The predicted octanol–water partition coefficient (Wildman–Crippen LogP) is 3.59. The summed E-state index contributed by atoms with van der Waals surface area (Å²) < 4.78 is 27.3. The summed E-state index contributed by atoms with van der Waals surface area (Å²) in [5.41, 5.74) is 2.02. The van der Waals surface area contributed by atoms with Crippen LogP contribution in [0.15, 0.2) is 53.4 Å². The summed E-state index contributed by atoms with van der Waals surface area (Å²) in [6, 6.07) is 13.3. The molecule has 2 N–H and O–H groups in total. The van der Waals surface area contributed by atoms with Crippen LogP contribution >= 0.6 is 0 Å². The van der Waals surface area contributed by atoms with Gasteiger partial charge in [-0.05, 0) is 55.5 Å². The maximum absolute atomic E-state index is 12.9. The minimum absolute atomic E-state index is 0.0438. The van der Waals surface area contributed by atoms with Crippen LogP contribution < -0.4 is 10.6 Å². The fourth-order valence-electron chi connectivity index (χ4n) is 4.04. The second-order valence-electron chi connectivity index (χ2n) is 9.32. The van der Waals surface area contributed by atoms with Crippen LogP contribution in [0.4, 0.5) is 5.69 Å². The molecule has 35 heavy (non-hydrogen) atoms. The number of hydrogen-bond acceptors (Lipinski definition) is 5. The SMILES string of the molecule is CC(=O)c1ccc(S(=O)(=O)N2CCC(C(=O)NCc3cccc(NC(=O)CC(C)C)c3)CC2)cc1. The predicted molar refractivity (Wildman–Crippen MR) is 134 cm³/mol. The number of anilines is 1. The van der Waals surface area contributed by atoms with E-state index in [2.05, 4.69) is 10.6 Å². The fourth-order valence-corrected chi connectivity index (χ4v) is 5.51. The lowest BCUT2D eigenvalue weighted by molar-refractivity contribution is -0.126. The van der Waals surface area contributed by atoms with Gasteiger partial charge in [0, 0.05) is 43.2 Å². The molecule has 0 spiro atoms. The first-order valence-corrected chi connectivity index (χ1v) is 13.3. The number of rotatable bonds is 9. The Balaban J connectivity index is 1.51. The normalized spacial score (nSPS) is 15.1. The minimum Gasteiger partial charge on any atom is -0.352 e. The molecule has 1 heterocycles. The highest BCUT2D eigenvalue weighted by Crippen LogP contribution is 2.24. The van der Waals surface area contributed by atoms with Crippen LogP contribution in [0.5, 0.6) is 0 Å². The van der Waals surface area contributed by atoms with E-state index in [4.69, 9.17) is 0 Å². The standard InChI is InChI=1S/C26H33N3O5S/c1-18(2)15-25(31)28-23-6-4-5-20(16-23)17-27-26(32)22-11-13-29(14-12-22)35(33,34)24-9-7-21(8-10-24)19(3)30/h4-10,16,18,22H,11-15,17H2,1-3H3,(H,27,32)(H,28,31). The van der Waals surface area contributed by atoms with Gasteiger partial charge in [0.25, 0.3) is 0 Å². The molecular formula is C26H33N3O5S. The van der Waals surface area contributed by atoms with Crippen molar-refractivity contribution < 1.29 is 22.8 Å². The molecular weight excluding hydrogens is 466 g/mol. The van der Waals surface area contributed by atoms with Crippen molar-refractivity contribution in [3.8, 4) is 0 Å². The van der Waals surface area contributed by atoms with Crippen LogP contribution in [0.2, 0.25) is 0 Å². The van der Waals surface area contributed by atoms with E-state index >= 15 is 0 Å². The summed E-state index contributed by atoms with van der Waals surface area (Å²) >= 11 is 0. The summed E-state index contributed by atoms with van der Waals surface area (Å²) in [5, 5.41) is 5.81. The first-order valence-electron chi connectivity index (χ1n) is 11.8. The van der Waals surface area contributed by atoms with Gasteiger partial charge < -0.3 is 10.6 Å². The smallest absolute Gasteiger partial charge is 0.243 e. The summed E-state index contributed by atoms with van der Waals surface area (Å²) in [6.45, 7) is 6.24.